The average molecular weight is 1180 g/mol. The maximum absolute atomic E-state index is 6.33. The van der Waals surface area contributed by atoms with E-state index in [9.17, 15) is 0 Å². The van der Waals surface area contributed by atoms with Gasteiger partial charge in [-0.1, -0.05) is 231 Å². The Morgan fingerprint density at radius 3 is 1.14 bits per heavy atom. The maximum Gasteiger partial charge on any atom is 0.164 e. The first kappa shape index (κ1) is 50.4. The van der Waals surface area contributed by atoms with Crippen LogP contribution >= 0.6 is 34.0 Å². The second kappa shape index (κ2) is 20.4. The van der Waals surface area contributed by atoms with Crippen molar-refractivity contribution in [3.05, 3.63) is 267 Å². The van der Waals surface area contributed by atoms with Crippen molar-refractivity contribution >= 4 is 116 Å². The van der Waals surface area contributed by atoms with E-state index in [1.807, 2.05) is 83.3 Å². The average Bonchev–Trinajstić information content (AvgIpc) is 1.77. The van der Waals surface area contributed by atoms with Gasteiger partial charge in [0.15, 0.2) is 34.9 Å². The van der Waals surface area contributed by atoms with Crippen LogP contribution in [0.2, 0.25) is 0 Å². The highest BCUT2D eigenvalue weighted by atomic mass is 32.1. The molecule has 410 valence electrons. The third-order valence-corrected chi connectivity index (χ3v) is 20.5. The second-order valence-electron chi connectivity index (χ2n) is 22.1. The van der Waals surface area contributed by atoms with Crippen molar-refractivity contribution in [3.8, 4) is 102 Å². The van der Waals surface area contributed by atoms with E-state index in [1.54, 1.807) is 11.3 Å². The number of nitrogens with zero attached hydrogens (tertiary/aromatic N) is 6. The van der Waals surface area contributed by atoms with Crippen molar-refractivity contribution in [1.29, 1.82) is 0 Å². The topological polar surface area (TPSA) is 90.5 Å². The van der Waals surface area contributed by atoms with Crippen LogP contribution in [0.1, 0.15) is 0 Å². The summed E-state index contributed by atoms with van der Waals surface area (Å²) in [6, 6.07) is 93.9. The number of furan rings is 1. The SMILES string of the molecule is c1ccc(-c2nc(-c3ccc(-c4cccc(-c5nc(-c6ccccc6)nc(-c6ccc7c(c6)sc6c(-c8cccc9oc%10ccccc%10c89)cccc67)n5)c4)cc3)nc(-c3ccc4c(c3)sc3c(-c5cccc6c5sc5ccccc56)cccc34)n2)cc1. The number of hydrogen-bond donors (Lipinski definition) is 0. The van der Waals surface area contributed by atoms with Crippen molar-refractivity contribution in [1.82, 2.24) is 29.9 Å². The lowest BCUT2D eigenvalue weighted by Gasteiger charge is -2.11. The third kappa shape index (κ3) is 8.44. The molecule has 0 saturated carbocycles. The van der Waals surface area contributed by atoms with Gasteiger partial charge in [0.2, 0.25) is 0 Å². The maximum atomic E-state index is 6.33. The molecule has 6 aromatic heterocycles. The molecule has 0 aliphatic carbocycles. The Labute approximate surface area is 515 Å². The van der Waals surface area contributed by atoms with E-state index in [1.165, 1.54) is 72.5 Å². The molecule has 0 spiro atoms. The summed E-state index contributed by atoms with van der Waals surface area (Å²) in [4.78, 5) is 31.1. The van der Waals surface area contributed by atoms with Gasteiger partial charge in [-0.2, -0.15) is 0 Å². The summed E-state index contributed by atoms with van der Waals surface area (Å²) >= 11 is 5.50. The molecular formula is C78H44N6OS3. The molecule has 0 amide bonds. The number of aromatic nitrogens is 6. The van der Waals surface area contributed by atoms with Gasteiger partial charge in [-0.25, -0.2) is 29.9 Å². The molecule has 6 heterocycles. The molecular weight excluding hydrogens is 1130 g/mol. The molecule has 18 aromatic rings. The smallest absolute Gasteiger partial charge is 0.164 e. The number of benzene rings is 12. The predicted octanol–water partition coefficient (Wildman–Crippen LogP) is 22.1. The molecule has 0 unspecified atom stereocenters. The lowest BCUT2D eigenvalue weighted by Crippen LogP contribution is -2.00. The monoisotopic (exact) mass is 1180 g/mol. The molecule has 0 aliphatic rings. The quantitative estimate of drug-likeness (QED) is 0.142. The first-order valence-corrected chi connectivity index (χ1v) is 31.6. The highest BCUT2D eigenvalue weighted by Crippen LogP contribution is 2.48. The fourth-order valence-electron chi connectivity index (χ4n) is 12.6. The number of fused-ring (bicyclic) bond motifs is 12. The number of thiophene rings is 3. The summed E-state index contributed by atoms with van der Waals surface area (Å²) in [6.45, 7) is 0. The van der Waals surface area contributed by atoms with Gasteiger partial charge in [-0.3, -0.25) is 0 Å². The minimum Gasteiger partial charge on any atom is -0.456 e. The van der Waals surface area contributed by atoms with Gasteiger partial charge >= 0.3 is 0 Å². The molecule has 0 N–H and O–H groups in total. The minimum atomic E-state index is 0.590. The van der Waals surface area contributed by atoms with Crippen LogP contribution in [-0.4, -0.2) is 29.9 Å². The molecule has 12 aromatic carbocycles. The Morgan fingerprint density at radius 1 is 0.216 bits per heavy atom. The minimum absolute atomic E-state index is 0.590. The molecule has 7 nitrogen and oxygen atoms in total. The molecule has 10 heteroatoms. The fourth-order valence-corrected chi connectivity index (χ4v) is 16.4. The van der Waals surface area contributed by atoms with E-state index in [0.717, 1.165) is 76.7 Å². The van der Waals surface area contributed by atoms with E-state index in [0.29, 0.717) is 34.9 Å². The molecule has 0 saturated heterocycles. The zero-order valence-electron chi connectivity index (χ0n) is 46.7. The van der Waals surface area contributed by atoms with E-state index >= 15 is 0 Å². The van der Waals surface area contributed by atoms with Crippen LogP contribution < -0.4 is 0 Å². The summed E-state index contributed by atoms with van der Waals surface area (Å²) in [6.07, 6.45) is 0. The number of hydrogen-bond acceptors (Lipinski definition) is 10. The largest absolute Gasteiger partial charge is 0.456 e. The zero-order valence-corrected chi connectivity index (χ0v) is 49.2. The summed E-state index contributed by atoms with van der Waals surface area (Å²) in [5, 5.41) is 9.72. The Bertz CT molecular complexity index is 5830. The van der Waals surface area contributed by atoms with Crippen LogP contribution in [0.4, 0.5) is 0 Å². The lowest BCUT2D eigenvalue weighted by molar-refractivity contribution is 0.669. The van der Waals surface area contributed by atoms with E-state index < -0.39 is 0 Å². The van der Waals surface area contributed by atoms with Gasteiger partial charge in [-0.15, -0.1) is 34.0 Å². The Morgan fingerprint density at radius 2 is 0.568 bits per heavy atom. The van der Waals surface area contributed by atoms with Crippen LogP contribution in [0, 0.1) is 0 Å². The van der Waals surface area contributed by atoms with Gasteiger partial charge in [-0.05, 0) is 53.1 Å². The highest BCUT2D eigenvalue weighted by Gasteiger charge is 2.21. The van der Waals surface area contributed by atoms with Crippen molar-refractivity contribution in [2.75, 3.05) is 0 Å². The number of rotatable bonds is 9. The van der Waals surface area contributed by atoms with Gasteiger partial charge < -0.3 is 4.42 Å². The second-order valence-corrected chi connectivity index (χ2v) is 25.2. The Balaban J connectivity index is 0.687. The van der Waals surface area contributed by atoms with E-state index in [2.05, 4.69) is 206 Å². The molecule has 0 fully saturated rings. The molecule has 18 rings (SSSR count). The standard InChI is InChI=1S/C78H44N6OS3/c1-3-16-46(17-4-1)73-79-75(83-77(81-73)51-38-41-55-59-27-14-30-62(72(59)88-68(55)43-51)61-29-13-25-57-53-22-8-10-33-66(53)86-71(57)61)48-36-34-45(35-37-48)49-20-11-21-50(42-49)76-80-74(47-18-5-2-6-19-47)82-78(84-76)52-39-40-54-58-26-12-28-60(70(58)87-67(54)44-52)56-24-15-32-65-69(56)63-23-7-9-31-64(63)85-65/h1-44H. The van der Waals surface area contributed by atoms with Crippen LogP contribution in [0.5, 0.6) is 0 Å². The molecule has 0 bridgehead atoms. The molecule has 0 aliphatic heterocycles. The lowest BCUT2D eigenvalue weighted by atomic mass is 9.98. The summed E-state index contributed by atoms with van der Waals surface area (Å²) in [5.74, 6) is 3.63. The molecule has 88 heavy (non-hydrogen) atoms. The summed E-state index contributed by atoms with van der Waals surface area (Å²) < 4.78 is 13.8. The van der Waals surface area contributed by atoms with Crippen molar-refractivity contribution < 1.29 is 4.42 Å². The summed E-state index contributed by atoms with van der Waals surface area (Å²) in [7, 11) is 0. The highest BCUT2D eigenvalue weighted by molar-refractivity contribution is 7.27. The van der Waals surface area contributed by atoms with Crippen LogP contribution in [-0.2, 0) is 0 Å². The fraction of sp³-hybridized carbons (Fsp3) is 0. The summed E-state index contributed by atoms with van der Waals surface area (Å²) in [5.41, 5.74) is 14.1. The first-order chi connectivity index (χ1) is 43.6. The van der Waals surface area contributed by atoms with Crippen molar-refractivity contribution in [3.63, 3.8) is 0 Å². The van der Waals surface area contributed by atoms with E-state index in [4.69, 9.17) is 34.3 Å². The van der Waals surface area contributed by atoms with Crippen molar-refractivity contribution in [2.24, 2.45) is 0 Å². The van der Waals surface area contributed by atoms with Gasteiger partial charge in [0, 0.05) is 121 Å². The Hall–Kier alpha value is -10.9. The normalized spacial score (nSPS) is 11.9. The predicted molar refractivity (Wildman–Crippen MR) is 368 cm³/mol. The van der Waals surface area contributed by atoms with Crippen LogP contribution in [0.25, 0.3) is 184 Å². The van der Waals surface area contributed by atoms with Crippen molar-refractivity contribution in [2.45, 2.75) is 0 Å². The molecule has 0 atom stereocenters. The Kier molecular flexibility index (Phi) is 11.7. The molecule has 0 radical (unpaired) electrons. The van der Waals surface area contributed by atoms with Gasteiger partial charge in [0.25, 0.3) is 0 Å². The van der Waals surface area contributed by atoms with Crippen LogP contribution in [0.15, 0.2) is 271 Å². The third-order valence-electron chi connectivity index (χ3n) is 16.8. The van der Waals surface area contributed by atoms with E-state index in [-0.39, 0.29) is 0 Å². The van der Waals surface area contributed by atoms with Crippen LogP contribution in [0.3, 0.4) is 0 Å². The number of para-hydroxylation sites is 1. The first-order valence-electron chi connectivity index (χ1n) is 29.1. The van der Waals surface area contributed by atoms with Gasteiger partial charge in [0.05, 0.1) is 0 Å². The zero-order chi connectivity index (χ0) is 57.8. The van der Waals surface area contributed by atoms with Gasteiger partial charge in [0.1, 0.15) is 11.2 Å².